The Morgan fingerprint density at radius 3 is 2.58 bits per heavy atom. The fraction of sp³-hybridized carbons (Fsp3) is 0.438. The van der Waals surface area contributed by atoms with Crippen molar-refractivity contribution >= 4 is 11.9 Å². The third-order valence-corrected chi connectivity index (χ3v) is 3.29. The topological polar surface area (TPSA) is 46.5 Å². The molecular formula is C16H20O3. The standard InChI is InChI=1S/C16H20O3/c17-10-11-19-15-8-6-13(7-9-15)12-14-4-2-1-3-5-16(14)18/h6-9,12,17H,1-5,10-11H2/b14-12+. The van der Waals surface area contributed by atoms with Crippen molar-refractivity contribution in [3.05, 3.63) is 35.4 Å². The number of ketones is 1. The molecule has 1 N–H and O–H groups in total. The van der Waals surface area contributed by atoms with Crippen LogP contribution in [-0.4, -0.2) is 24.1 Å². The second kappa shape index (κ2) is 7.10. The third kappa shape index (κ3) is 4.21. The van der Waals surface area contributed by atoms with Crippen LogP contribution in [0.4, 0.5) is 0 Å². The molecule has 0 atom stereocenters. The Kier molecular flexibility index (Phi) is 5.16. The second-order valence-corrected chi connectivity index (χ2v) is 4.79. The van der Waals surface area contributed by atoms with Gasteiger partial charge in [-0.2, -0.15) is 0 Å². The van der Waals surface area contributed by atoms with Crippen molar-refractivity contribution in [3.63, 3.8) is 0 Å². The molecule has 102 valence electrons. The molecule has 1 aromatic rings. The van der Waals surface area contributed by atoms with E-state index < -0.39 is 0 Å². The zero-order valence-electron chi connectivity index (χ0n) is 11.1. The summed E-state index contributed by atoms with van der Waals surface area (Å²) in [6.07, 6.45) is 6.84. The first-order valence-electron chi connectivity index (χ1n) is 6.87. The Balaban J connectivity index is 2.06. The second-order valence-electron chi connectivity index (χ2n) is 4.79. The lowest BCUT2D eigenvalue weighted by Gasteiger charge is -2.05. The number of ether oxygens (including phenoxy) is 1. The van der Waals surface area contributed by atoms with E-state index in [2.05, 4.69) is 0 Å². The molecule has 1 aromatic carbocycles. The van der Waals surface area contributed by atoms with E-state index in [1.165, 1.54) is 0 Å². The highest BCUT2D eigenvalue weighted by atomic mass is 16.5. The van der Waals surface area contributed by atoms with Gasteiger partial charge in [-0.1, -0.05) is 18.6 Å². The minimum Gasteiger partial charge on any atom is -0.491 e. The maximum atomic E-state index is 11.9. The van der Waals surface area contributed by atoms with Crippen LogP contribution in [0.2, 0.25) is 0 Å². The molecule has 0 saturated heterocycles. The monoisotopic (exact) mass is 260 g/mol. The normalized spacial score (nSPS) is 18.4. The van der Waals surface area contributed by atoms with Crippen LogP contribution in [0.5, 0.6) is 5.75 Å². The van der Waals surface area contributed by atoms with Crippen molar-refractivity contribution < 1.29 is 14.6 Å². The van der Waals surface area contributed by atoms with Gasteiger partial charge in [0.25, 0.3) is 0 Å². The number of rotatable bonds is 4. The van der Waals surface area contributed by atoms with Gasteiger partial charge in [0.2, 0.25) is 0 Å². The number of carbonyl (C=O) groups excluding carboxylic acids is 1. The summed E-state index contributed by atoms with van der Waals surface area (Å²) in [4.78, 5) is 11.9. The first-order valence-corrected chi connectivity index (χ1v) is 6.87. The van der Waals surface area contributed by atoms with Crippen molar-refractivity contribution in [1.82, 2.24) is 0 Å². The molecule has 0 aromatic heterocycles. The van der Waals surface area contributed by atoms with E-state index in [0.29, 0.717) is 13.0 Å². The Bertz CT molecular complexity index is 446. The van der Waals surface area contributed by atoms with Gasteiger partial charge in [0.15, 0.2) is 5.78 Å². The molecule has 0 bridgehead atoms. The number of hydrogen-bond donors (Lipinski definition) is 1. The number of allylic oxidation sites excluding steroid dienone is 1. The van der Waals surface area contributed by atoms with E-state index in [1.807, 2.05) is 30.3 Å². The van der Waals surface area contributed by atoms with Gasteiger partial charge in [-0.3, -0.25) is 4.79 Å². The fourth-order valence-electron chi connectivity index (χ4n) is 2.26. The van der Waals surface area contributed by atoms with Crippen LogP contribution in [-0.2, 0) is 4.79 Å². The lowest BCUT2D eigenvalue weighted by Crippen LogP contribution is -2.01. The quantitative estimate of drug-likeness (QED) is 0.668. The Morgan fingerprint density at radius 1 is 1.11 bits per heavy atom. The number of carbonyl (C=O) groups is 1. The predicted octanol–water partition coefficient (Wildman–Crippen LogP) is 2.97. The summed E-state index contributed by atoms with van der Waals surface area (Å²) >= 11 is 0. The van der Waals surface area contributed by atoms with Gasteiger partial charge in [0, 0.05) is 6.42 Å². The summed E-state index contributed by atoms with van der Waals surface area (Å²) < 4.78 is 5.30. The molecule has 0 aliphatic heterocycles. The van der Waals surface area contributed by atoms with Gasteiger partial charge >= 0.3 is 0 Å². The molecule has 0 heterocycles. The van der Waals surface area contributed by atoms with Crippen LogP contribution in [0.25, 0.3) is 6.08 Å². The summed E-state index contributed by atoms with van der Waals surface area (Å²) in [6.45, 7) is 0.319. The molecule has 3 heteroatoms. The molecule has 0 amide bonds. The van der Waals surface area contributed by atoms with Crippen molar-refractivity contribution in [3.8, 4) is 5.75 Å². The summed E-state index contributed by atoms with van der Waals surface area (Å²) in [6, 6.07) is 7.61. The average Bonchev–Trinajstić information content (AvgIpc) is 2.63. The highest BCUT2D eigenvalue weighted by molar-refractivity contribution is 5.99. The molecule has 1 aliphatic rings. The summed E-state index contributed by atoms with van der Waals surface area (Å²) in [5.41, 5.74) is 1.98. The molecule has 3 nitrogen and oxygen atoms in total. The Hall–Kier alpha value is -1.61. The Labute approximate surface area is 113 Å². The summed E-state index contributed by atoms with van der Waals surface area (Å²) in [5.74, 6) is 1.03. The number of aliphatic hydroxyl groups is 1. The molecule has 1 aliphatic carbocycles. The van der Waals surface area contributed by atoms with Crippen molar-refractivity contribution in [2.75, 3.05) is 13.2 Å². The number of hydrogen-bond acceptors (Lipinski definition) is 3. The van der Waals surface area contributed by atoms with Gasteiger partial charge < -0.3 is 9.84 Å². The molecular weight excluding hydrogens is 240 g/mol. The van der Waals surface area contributed by atoms with E-state index >= 15 is 0 Å². The highest BCUT2D eigenvalue weighted by Gasteiger charge is 2.13. The first-order chi connectivity index (χ1) is 9.29. The van der Waals surface area contributed by atoms with Crippen LogP contribution < -0.4 is 4.74 Å². The number of benzene rings is 1. The van der Waals surface area contributed by atoms with Crippen molar-refractivity contribution in [1.29, 1.82) is 0 Å². The van der Waals surface area contributed by atoms with Crippen molar-refractivity contribution in [2.24, 2.45) is 0 Å². The molecule has 0 spiro atoms. The molecule has 2 rings (SSSR count). The largest absolute Gasteiger partial charge is 0.491 e. The number of Topliss-reactive ketones (excluding diaryl/α,β-unsaturated/α-hetero) is 1. The van der Waals surface area contributed by atoms with Gasteiger partial charge in [0.05, 0.1) is 6.61 Å². The fourth-order valence-corrected chi connectivity index (χ4v) is 2.26. The first kappa shape index (κ1) is 13.8. The van der Waals surface area contributed by atoms with Crippen LogP contribution in [0.15, 0.2) is 29.8 Å². The smallest absolute Gasteiger partial charge is 0.158 e. The van der Waals surface area contributed by atoms with Gasteiger partial charge in [-0.25, -0.2) is 0 Å². The molecule has 1 saturated carbocycles. The van der Waals surface area contributed by atoms with Gasteiger partial charge in [-0.15, -0.1) is 0 Å². The van der Waals surface area contributed by atoms with Crippen molar-refractivity contribution in [2.45, 2.75) is 32.1 Å². The highest BCUT2D eigenvalue weighted by Crippen LogP contribution is 2.22. The lowest BCUT2D eigenvalue weighted by molar-refractivity contribution is -0.115. The summed E-state index contributed by atoms with van der Waals surface area (Å²) in [5, 5.41) is 8.68. The molecule has 1 fully saturated rings. The SMILES string of the molecule is O=C1CCCCC/C1=C\c1ccc(OCCO)cc1. The zero-order valence-corrected chi connectivity index (χ0v) is 11.1. The van der Waals surface area contributed by atoms with Crippen LogP contribution in [0, 0.1) is 0 Å². The predicted molar refractivity (Wildman–Crippen MR) is 75.1 cm³/mol. The van der Waals surface area contributed by atoms with E-state index in [-0.39, 0.29) is 12.4 Å². The minimum atomic E-state index is 0.0142. The summed E-state index contributed by atoms with van der Waals surface area (Å²) in [7, 11) is 0. The molecule has 0 unspecified atom stereocenters. The van der Waals surface area contributed by atoms with E-state index in [9.17, 15) is 4.79 Å². The van der Waals surface area contributed by atoms with E-state index in [1.54, 1.807) is 0 Å². The molecule has 19 heavy (non-hydrogen) atoms. The number of aliphatic hydroxyl groups excluding tert-OH is 1. The maximum absolute atomic E-state index is 11.9. The third-order valence-electron chi connectivity index (χ3n) is 3.29. The van der Waals surface area contributed by atoms with E-state index in [4.69, 9.17) is 9.84 Å². The van der Waals surface area contributed by atoms with Crippen LogP contribution in [0.1, 0.15) is 37.7 Å². The maximum Gasteiger partial charge on any atom is 0.158 e. The molecule has 0 radical (unpaired) electrons. The van der Waals surface area contributed by atoms with Gasteiger partial charge in [0.1, 0.15) is 12.4 Å². The lowest BCUT2D eigenvalue weighted by atomic mass is 10.0. The zero-order chi connectivity index (χ0) is 13.5. The average molecular weight is 260 g/mol. The Morgan fingerprint density at radius 2 is 1.84 bits per heavy atom. The van der Waals surface area contributed by atoms with Crippen LogP contribution >= 0.6 is 0 Å². The van der Waals surface area contributed by atoms with E-state index in [0.717, 1.165) is 42.6 Å². The van der Waals surface area contributed by atoms with Crippen LogP contribution in [0.3, 0.4) is 0 Å². The minimum absolute atomic E-state index is 0.0142. The van der Waals surface area contributed by atoms with Gasteiger partial charge in [-0.05, 0) is 48.6 Å².